The van der Waals surface area contributed by atoms with Crippen molar-refractivity contribution in [3.05, 3.63) is 78.4 Å². The van der Waals surface area contributed by atoms with Crippen LogP contribution in [0.15, 0.2) is 67.1 Å². The van der Waals surface area contributed by atoms with E-state index in [9.17, 15) is 22.8 Å². The van der Waals surface area contributed by atoms with Gasteiger partial charge in [0.15, 0.2) is 0 Å². The van der Waals surface area contributed by atoms with Gasteiger partial charge in [-0.2, -0.15) is 13.2 Å². The van der Waals surface area contributed by atoms with Gasteiger partial charge in [0.05, 0.1) is 22.8 Å². The van der Waals surface area contributed by atoms with E-state index in [0.29, 0.717) is 35.6 Å². The smallest absolute Gasteiger partial charge is 0.416 e. The highest BCUT2D eigenvalue weighted by Gasteiger charge is 2.31. The predicted octanol–water partition coefficient (Wildman–Crippen LogP) is 5.42. The van der Waals surface area contributed by atoms with Crippen LogP contribution in [0.2, 0.25) is 0 Å². The molecule has 1 fully saturated rings. The molecule has 2 N–H and O–H groups in total. The van der Waals surface area contributed by atoms with Gasteiger partial charge in [0.2, 0.25) is 11.8 Å². The Morgan fingerprint density at radius 2 is 1.95 bits per heavy atom. The molecule has 0 aliphatic carbocycles. The van der Waals surface area contributed by atoms with Gasteiger partial charge in [0.25, 0.3) is 0 Å². The third kappa shape index (κ3) is 6.07. The summed E-state index contributed by atoms with van der Waals surface area (Å²) in [6.45, 7) is 3.77. The Labute approximate surface area is 228 Å². The van der Waals surface area contributed by atoms with Gasteiger partial charge in [0.1, 0.15) is 12.1 Å². The Kier molecular flexibility index (Phi) is 7.69. The number of aromatic nitrogens is 3. The molecule has 4 aromatic rings. The predicted molar refractivity (Wildman–Crippen MR) is 142 cm³/mol. The maximum atomic E-state index is 13.0. The number of carbonyl (C=O) groups excluding carboxylic acids is 2. The second-order valence-corrected chi connectivity index (χ2v) is 9.39. The summed E-state index contributed by atoms with van der Waals surface area (Å²) in [7, 11) is 0. The van der Waals surface area contributed by atoms with E-state index in [1.807, 2.05) is 6.92 Å². The maximum absolute atomic E-state index is 13.0. The van der Waals surface area contributed by atoms with Crippen LogP contribution < -0.4 is 15.4 Å². The molecule has 2 aromatic carbocycles. The summed E-state index contributed by atoms with van der Waals surface area (Å²) in [5, 5.41) is 6.08. The largest absolute Gasteiger partial charge is 0.439 e. The summed E-state index contributed by atoms with van der Waals surface area (Å²) in [4.78, 5) is 35.8. The zero-order chi connectivity index (χ0) is 28.3. The molecule has 0 spiro atoms. The number of likely N-dealkylation sites (N-methyl/N-ethyl adjacent to an activating group) is 1. The van der Waals surface area contributed by atoms with Gasteiger partial charge in [0, 0.05) is 36.4 Å². The number of hydrogen-bond donors (Lipinski definition) is 2. The highest BCUT2D eigenvalue weighted by molar-refractivity contribution is 5.98. The van der Waals surface area contributed by atoms with Crippen LogP contribution in [0.5, 0.6) is 11.6 Å². The molecule has 40 heavy (non-hydrogen) atoms. The number of nitrogens with one attached hydrogen (secondary N) is 2. The number of nitrogens with zero attached hydrogens (tertiary/aromatic N) is 4. The van der Waals surface area contributed by atoms with E-state index < -0.39 is 17.8 Å². The fourth-order valence-electron chi connectivity index (χ4n) is 4.77. The van der Waals surface area contributed by atoms with E-state index in [0.717, 1.165) is 37.2 Å². The zero-order valence-corrected chi connectivity index (χ0v) is 21.6. The molecule has 5 rings (SSSR count). The van der Waals surface area contributed by atoms with Crippen LogP contribution in [0.25, 0.3) is 10.9 Å². The first-order chi connectivity index (χ1) is 19.2. The first kappa shape index (κ1) is 27.1. The molecule has 1 aliphatic heterocycles. The monoisotopic (exact) mass is 552 g/mol. The van der Waals surface area contributed by atoms with Crippen molar-refractivity contribution < 1.29 is 27.5 Å². The molecule has 0 bridgehead atoms. The van der Waals surface area contributed by atoms with Crippen molar-refractivity contribution in [1.29, 1.82) is 0 Å². The van der Waals surface area contributed by atoms with Crippen molar-refractivity contribution >= 4 is 28.5 Å². The second-order valence-electron chi connectivity index (χ2n) is 9.39. The molecule has 12 heteroatoms. The first-order valence-electron chi connectivity index (χ1n) is 12.8. The summed E-state index contributed by atoms with van der Waals surface area (Å²) in [5.74, 6) is 0.837. The van der Waals surface area contributed by atoms with Crippen LogP contribution >= 0.6 is 0 Å². The van der Waals surface area contributed by atoms with Crippen molar-refractivity contribution in [1.82, 2.24) is 24.8 Å². The molecule has 208 valence electrons. The summed E-state index contributed by atoms with van der Waals surface area (Å²) in [5.41, 5.74) is 0.456. The molecule has 1 atom stereocenters. The van der Waals surface area contributed by atoms with E-state index in [2.05, 4.69) is 25.5 Å². The topological polar surface area (TPSA) is 101 Å². The highest BCUT2D eigenvalue weighted by atomic mass is 19.4. The minimum absolute atomic E-state index is 0.0225. The molecular formula is C28H27F3N6O3. The minimum Gasteiger partial charge on any atom is -0.439 e. The normalized spacial score (nSPS) is 15.8. The molecule has 1 saturated heterocycles. The number of benzene rings is 2. The first-order valence-corrected chi connectivity index (χ1v) is 12.8. The van der Waals surface area contributed by atoms with Gasteiger partial charge in [-0.3, -0.25) is 14.3 Å². The summed E-state index contributed by atoms with van der Waals surface area (Å²) in [6, 6.07) is 12.2. The molecule has 3 heterocycles. The quantitative estimate of drug-likeness (QED) is 0.317. The molecule has 9 nitrogen and oxygen atoms in total. The molecule has 0 saturated carbocycles. The van der Waals surface area contributed by atoms with Crippen LogP contribution in [0.3, 0.4) is 0 Å². The molecule has 2 aromatic heterocycles. The summed E-state index contributed by atoms with van der Waals surface area (Å²) in [6.07, 6.45) is 0.172. The third-order valence-corrected chi connectivity index (χ3v) is 6.63. The molecule has 1 aliphatic rings. The van der Waals surface area contributed by atoms with Gasteiger partial charge >= 0.3 is 12.2 Å². The average molecular weight is 553 g/mol. The minimum atomic E-state index is -4.51. The number of fused-ring (bicyclic) bond motifs is 1. The Balaban J connectivity index is 1.27. The van der Waals surface area contributed by atoms with Crippen molar-refractivity contribution in [2.75, 3.05) is 18.4 Å². The Morgan fingerprint density at radius 3 is 2.75 bits per heavy atom. The van der Waals surface area contributed by atoms with Gasteiger partial charge in [-0.15, -0.1) is 0 Å². The number of carbonyl (C=O) groups is 2. The highest BCUT2D eigenvalue weighted by Crippen LogP contribution is 2.31. The average Bonchev–Trinajstić information content (AvgIpc) is 3.56. The van der Waals surface area contributed by atoms with Crippen LogP contribution in [0.1, 0.15) is 31.0 Å². The fourth-order valence-corrected chi connectivity index (χ4v) is 4.77. The summed E-state index contributed by atoms with van der Waals surface area (Å²) < 4.78 is 46.3. The molecule has 1 unspecified atom stereocenters. The Bertz CT molecular complexity index is 1540. The second kappa shape index (κ2) is 11.3. The molecule has 0 radical (unpaired) electrons. The van der Waals surface area contributed by atoms with E-state index in [-0.39, 0.29) is 17.6 Å². The van der Waals surface area contributed by atoms with Crippen molar-refractivity contribution in [2.24, 2.45) is 0 Å². The van der Waals surface area contributed by atoms with Crippen LogP contribution in [0, 0.1) is 0 Å². The van der Waals surface area contributed by atoms with Crippen molar-refractivity contribution in [3.8, 4) is 11.6 Å². The Hall–Kier alpha value is -4.45. The number of rotatable bonds is 7. The van der Waals surface area contributed by atoms with Crippen LogP contribution in [-0.2, 0) is 17.5 Å². The zero-order valence-electron chi connectivity index (χ0n) is 21.6. The van der Waals surface area contributed by atoms with Gasteiger partial charge < -0.3 is 15.4 Å². The lowest BCUT2D eigenvalue weighted by Gasteiger charge is -2.23. The van der Waals surface area contributed by atoms with E-state index >= 15 is 0 Å². The van der Waals surface area contributed by atoms with Gasteiger partial charge in [-0.1, -0.05) is 6.07 Å². The number of amides is 2. The third-order valence-electron chi connectivity index (χ3n) is 6.63. The lowest BCUT2D eigenvalue weighted by molar-refractivity contribution is -0.137. The van der Waals surface area contributed by atoms with E-state index in [4.69, 9.17) is 4.74 Å². The number of hydrogen-bond acceptors (Lipinski definition) is 6. The Morgan fingerprint density at radius 1 is 1.10 bits per heavy atom. The maximum Gasteiger partial charge on any atom is 0.416 e. The number of halogens is 3. The van der Waals surface area contributed by atoms with E-state index in [1.165, 1.54) is 29.2 Å². The van der Waals surface area contributed by atoms with Gasteiger partial charge in [-0.05, 0) is 68.8 Å². The lowest BCUT2D eigenvalue weighted by Crippen LogP contribution is -2.42. The number of ether oxygens (including phenoxy) is 1. The molecular weight excluding hydrogens is 525 g/mol. The standard InChI is InChI=1S/C28H27F3N6O3/c1-2-32-26(38)24-7-4-11-36(24)16-21-15-25(34-17-33-21)40-22-8-9-23-18(13-22)10-12-37(23)27(39)35-20-6-3-5-19(14-20)28(29,30)31/h3,5-6,8-10,12-15,17,24H,2,4,7,11,16H2,1H3,(H,32,38)(H,35,39). The lowest BCUT2D eigenvalue weighted by atomic mass is 10.2. The van der Waals surface area contributed by atoms with Crippen LogP contribution in [-0.4, -0.2) is 50.5 Å². The van der Waals surface area contributed by atoms with Gasteiger partial charge in [-0.25, -0.2) is 14.8 Å². The van der Waals surface area contributed by atoms with Crippen molar-refractivity contribution in [2.45, 2.75) is 38.5 Å². The fraction of sp³-hybridized carbons (Fsp3) is 0.286. The number of anilines is 1. The van der Waals surface area contributed by atoms with Crippen molar-refractivity contribution in [3.63, 3.8) is 0 Å². The number of alkyl halides is 3. The van der Waals surface area contributed by atoms with E-state index in [1.54, 1.807) is 30.3 Å². The number of likely N-dealkylation sites (tertiary alicyclic amines) is 1. The summed E-state index contributed by atoms with van der Waals surface area (Å²) >= 11 is 0. The van der Waals surface area contributed by atoms with Crippen LogP contribution in [0.4, 0.5) is 23.7 Å². The molecule has 2 amide bonds. The SMILES string of the molecule is CCNC(=O)C1CCCN1Cc1cc(Oc2ccc3c(ccn3C(=O)Nc3cccc(C(F)(F)F)c3)c2)ncn1.